The van der Waals surface area contributed by atoms with Gasteiger partial charge in [0.25, 0.3) is 0 Å². The van der Waals surface area contributed by atoms with Crippen molar-refractivity contribution < 1.29 is 27.1 Å². The fourth-order valence-electron chi connectivity index (χ4n) is 8.54. The van der Waals surface area contributed by atoms with Crippen molar-refractivity contribution in [1.82, 2.24) is 0 Å². The van der Waals surface area contributed by atoms with E-state index in [1.54, 1.807) is 25.2 Å². The number of carbonyl (C=O) groups excluding carboxylic acids is 4. The number of hydrogen-bond acceptors (Lipinski definition) is 5. The zero-order chi connectivity index (χ0) is 50.4. The second kappa shape index (κ2) is 39.9. The molecule has 65 heavy (non-hydrogen) atoms. The number of Topliss-reactive ketones (excluding diaryl/α,β-unsaturated/α-hetero) is 1. The van der Waals surface area contributed by atoms with E-state index in [-0.39, 0.29) is 31.7 Å². The lowest BCUT2D eigenvalue weighted by Gasteiger charge is -2.43. The van der Waals surface area contributed by atoms with Crippen LogP contribution in [-0.2, 0) is 19.2 Å². The molecule has 0 amide bonds. The zero-order valence-electron chi connectivity index (χ0n) is 46.7. The summed E-state index contributed by atoms with van der Waals surface area (Å²) < 4.78 is 0. The van der Waals surface area contributed by atoms with E-state index < -0.39 is 0 Å². The van der Waals surface area contributed by atoms with E-state index in [1.165, 1.54) is 72.8 Å². The second-order valence-electron chi connectivity index (χ2n) is 20.8. The summed E-state index contributed by atoms with van der Waals surface area (Å²) >= 11 is 0. The summed E-state index contributed by atoms with van der Waals surface area (Å²) in [5.41, 5.74) is 8.73. The Bertz CT molecular complexity index is 1540. The molecule has 2 aliphatic carbocycles. The molecular formula is C60H107O5+. The number of hydrogen-bond donors (Lipinski definition) is 1. The highest BCUT2D eigenvalue weighted by molar-refractivity contribution is 5.90. The van der Waals surface area contributed by atoms with E-state index in [0.29, 0.717) is 18.3 Å². The highest BCUT2D eigenvalue weighted by Crippen LogP contribution is 2.46. The average molecular weight is 910 g/mol. The molecule has 0 aromatic carbocycles. The van der Waals surface area contributed by atoms with Gasteiger partial charge in [0.1, 0.15) is 12.1 Å². The molecule has 0 radical (unpaired) electrons. The minimum absolute atomic E-state index is 0. The molecular weight excluding hydrogens is 801 g/mol. The van der Waals surface area contributed by atoms with Gasteiger partial charge in [-0.25, -0.2) is 0 Å². The van der Waals surface area contributed by atoms with Crippen LogP contribution in [0.1, 0.15) is 249 Å². The molecule has 5 nitrogen and oxygen atoms in total. The van der Waals surface area contributed by atoms with Gasteiger partial charge < -0.3 is 9.90 Å². The van der Waals surface area contributed by atoms with Crippen molar-refractivity contribution in [3.05, 3.63) is 82.0 Å². The maximum absolute atomic E-state index is 11.5. The summed E-state index contributed by atoms with van der Waals surface area (Å²) in [6.45, 7) is 36.3. The molecule has 0 saturated heterocycles. The minimum Gasteiger partial charge on any atom is -0.393 e. The molecule has 3 atom stereocenters. The molecule has 376 valence electrons. The van der Waals surface area contributed by atoms with Crippen LogP contribution in [0.25, 0.3) is 0 Å². The molecule has 0 aromatic heterocycles. The first-order chi connectivity index (χ1) is 30.4. The number of aldehydes is 1. The van der Waals surface area contributed by atoms with E-state index in [0.717, 1.165) is 94.3 Å². The van der Waals surface area contributed by atoms with E-state index >= 15 is 0 Å². The Hall–Kier alpha value is -3.18. The Balaban J connectivity index is -0.000000244. The van der Waals surface area contributed by atoms with Crippen LogP contribution in [0.4, 0.5) is 0 Å². The molecule has 2 aliphatic rings. The van der Waals surface area contributed by atoms with Crippen LogP contribution in [0.3, 0.4) is 0 Å². The average Bonchev–Trinajstić information content (AvgIpc) is 3.18. The molecule has 5 heteroatoms. The summed E-state index contributed by atoms with van der Waals surface area (Å²) in [5, 5.41) is 9.84. The molecule has 0 aromatic rings. The third-order valence-electron chi connectivity index (χ3n) is 12.4. The Morgan fingerprint density at radius 1 is 0.723 bits per heavy atom. The Labute approximate surface area is 406 Å². The lowest BCUT2D eigenvalue weighted by atomic mass is 9.62. The summed E-state index contributed by atoms with van der Waals surface area (Å²) in [6.07, 6.45) is 37.5. The van der Waals surface area contributed by atoms with Crippen molar-refractivity contribution in [3.63, 3.8) is 0 Å². The van der Waals surface area contributed by atoms with Crippen LogP contribution >= 0.6 is 0 Å². The first-order valence-electron chi connectivity index (χ1n) is 25.8. The smallest absolute Gasteiger partial charge is 0.393 e. The van der Waals surface area contributed by atoms with Crippen LogP contribution in [-0.4, -0.2) is 34.8 Å². The molecule has 3 unspecified atom stereocenters. The van der Waals surface area contributed by atoms with Crippen molar-refractivity contribution in [1.29, 1.82) is 0 Å². The first kappa shape index (κ1) is 66.1. The van der Waals surface area contributed by atoms with Gasteiger partial charge in [0, 0.05) is 20.7 Å². The van der Waals surface area contributed by atoms with Gasteiger partial charge in [0.2, 0.25) is 0 Å². The van der Waals surface area contributed by atoms with Gasteiger partial charge in [-0.2, -0.15) is 0 Å². The van der Waals surface area contributed by atoms with Crippen molar-refractivity contribution in [2.45, 2.75) is 252 Å². The van der Waals surface area contributed by atoms with Gasteiger partial charge in [-0.05, 0) is 192 Å². The van der Waals surface area contributed by atoms with Gasteiger partial charge in [-0.15, -0.1) is 0 Å². The van der Waals surface area contributed by atoms with Crippen molar-refractivity contribution >= 4 is 23.6 Å². The molecule has 0 spiro atoms. The second-order valence-corrected chi connectivity index (χ2v) is 20.8. The maximum atomic E-state index is 11.5. The van der Waals surface area contributed by atoms with E-state index in [1.807, 2.05) is 39.8 Å². The van der Waals surface area contributed by atoms with E-state index in [9.17, 15) is 24.3 Å². The third kappa shape index (κ3) is 38.6. The molecule has 0 heterocycles. The number of allylic oxidation sites excluding steroid dienone is 14. The van der Waals surface area contributed by atoms with Crippen LogP contribution in [0.2, 0.25) is 0 Å². The maximum Gasteiger partial charge on any atom is 1.00 e. The van der Waals surface area contributed by atoms with Gasteiger partial charge in [-0.3, -0.25) is 14.4 Å². The molecule has 1 saturated carbocycles. The number of aliphatic hydroxyl groups excluding tert-OH is 1. The summed E-state index contributed by atoms with van der Waals surface area (Å²) in [7, 11) is 0. The van der Waals surface area contributed by atoms with Crippen molar-refractivity contribution in [2.24, 2.45) is 22.7 Å². The predicted molar refractivity (Wildman–Crippen MR) is 289 cm³/mol. The number of carbonyl (C=O) groups is 4. The normalized spacial score (nSPS) is 18.3. The van der Waals surface area contributed by atoms with Crippen LogP contribution in [0, 0.1) is 22.7 Å². The fourth-order valence-corrected chi connectivity index (χ4v) is 8.54. The highest BCUT2D eigenvalue weighted by Gasteiger charge is 2.36. The summed E-state index contributed by atoms with van der Waals surface area (Å²) in [4.78, 5) is 42.8. The van der Waals surface area contributed by atoms with Gasteiger partial charge in [-0.1, -0.05) is 140 Å². The van der Waals surface area contributed by atoms with Crippen LogP contribution < -0.4 is 0 Å². The Kier molecular flexibility index (Phi) is 40.6. The zero-order valence-corrected chi connectivity index (χ0v) is 45.7. The first-order valence-corrected chi connectivity index (χ1v) is 25.8. The van der Waals surface area contributed by atoms with Crippen molar-refractivity contribution in [3.8, 4) is 0 Å². The topological polar surface area (TPSA) is 88.5 Å². The quantitative estimate of drug-likeness (QED) is 0.0506. The SMILES string of the molecule is CC(C)=CCC/C(C)=C/C=O.CCCC(=O)/C=C/C1=C(C)CCCC1(C)C.CCCC(=O)/C=C/C=C(\C)CCC=C(C)C.CCCC(C)=O.CCCC(O)CCC1C(C)CCCC1(C)C.[2HH].[H+]. The Morgan fingerprint density at radius 3 is 1.68 bits per heavy atom. The molecule has 0 aliphatic heterocycles. The van der Waals surface area contributed by atoms with Gasteiger partial charge in [0.05, 0.1) is 6.10 Å². The lowest BCUT2D eigenvalue weighted by molar-refractivity contribution is -0.117. The molecule has 2 rings (SSSR count). The number of rotatable bonds is 22. The Morgan fingerprint density at radius 2 is 1.25 bits per heavy atom. The van der Waals surface area contributed by atoms with Crippen molar-refractivity contribution in [2.75, 3.05) is 0 Å². The standard InChI is InChI=1S/C15H30O.2C15H24O.C10H16O.C5H10O.H2/c2*1-5-7-13(16)9-10-14-12(2)8-6-11-15(14,3)4;1-5-8-15(16)12-7-11-14(4)10-6-9-13(2)3;1-9(2)5-4-6-10(3)7-8-11;1-3-4-5(2)6;/h12-14,16H,5-11H2,1-4H3;9-10H,5-8,11H2,1-4H3;7,9,11-12H,5-6,8,10H2,1-4H3;5,7-8H,4,6H2,1-3H3;3-4H2,1-2H3;1H/p+1/b;10-9+;12-7+,14-11+;10-7+;;/i;;;;;1+1. The monoisotopic (exact) mass is 909 g/mol. The number of ketones is 3. The lowest BCUT2D eigenvalue weighted by Crippen LogP contribution is -2.34. The largest absolute Gasteiger partial charge is 1.00 e. The summed E-state index contributed by atoms with van der Waals surface area (Å²) in [5.74, 6) is 2.42. The van der Waals surface area contributed by atoms with Gasteiger partial charge >= 0.3 is 1.43 Å². The molecule has 1 N–H and O–H groups in total. The molecule has 0 bridgehead atoms. The van der Waals surface area contributed by atoms with E-state index in [4.69, 9.17) is 0 Å². The third-order valence-corrected chi connectivity index (χ3v) is 12.4. The number of aliphatic hydroxyl groups is 1. The van der Waals surface area contributed by atoms with Crippen LogP contribution in [0.5, 0.6) is 0 Å². The minimum atomic E-state index is -0.0603. The van der Waals surface area contributed by atoms with Gasteiger partial charge in [0.15, 0.2) is 11.6 Å². The van der Waals surface area contributed by atoms with E-state index in [2.05, 4.69) is 101 Å². The highest BCUT2D eigenvalue weighted by atomic mass is 16.3. The predicted octanol–water partition coefficient (Wildman–Crippen LogP) is 18.0. The summed E-state index contributed by atoms with van der Waals surface area (Å²) in [6, 6.07) is 0. The molecule has 1 fully saturated rings. The van der Waals surface area contributed by atoms with Crippen LogP contribution in [0.15, 0.2) is 82.0 Å². The fraction of sp³-hybridized carbons (Fsp3) is 0.700.